The Labute approximate surface area is 176 Å². The van der Waals surface area contributed by atoms with Gasteiger partial charge in [-0.2, -0.15) is 0 Å². The number of imidazole rings is 1. The van der Waals surface area contributed by atoms with Gasteiger partial charge in [-0.25, -0.2) is 4.98 Å². The maximum atomic E-state index is 12.9. The zero-order valence-corrected chi connectivity index (χ0v) is 17.1. The lowest BCUT2D eigenvalue weighted by atomic mass is 10.1. The van der Waals surface area contributed by atoms with Gasteiger partial charge < -0.3 is 15.0 Å². The number of rotatable bonds is 7. The first-order valence-corrected chi connectivity index (χ1v) is 10.1. The first-order chi connectivity index (χ1) is 14.6. The largest absolute Gasteiger partial charge is 0.481 e. The van der Waals surface area contributed by atoms with Crippen LogP contribution in [0, 0.1) is 6.92 Å². The average Bonchev–Trinajstić information content (AvgIpc) is 3.20. The highest BCUT2D eigenvalue weighted by Crippen LogP contribution is 2.21. The summed E-state index contributed by atoms with van der Waals surface area (Å²) < 4.78 is 5.83. The van der Waals surface area contributed by atoms with Gasteiger partial charge in [0, 0.05) is 0 Å². The standard InChI is InChI=1S/C25H25N3O2/c1-17-12-14-20(15-13-17)30-18(2)25(29)28-23(16-19-8-4-3-5-9-19)24-26-21-10-6-7-11-22(21)27-24/h3-15,18,23H,16H2,1-2H3,(H,26,27)(H,28,29)/t18?,23-/m0/s1. The molecule has 0 spiro atoms. The number of H-pyrrole nitrogens is 1. The Morgan fingerprint density at radius 2 is 1.70 bits per heavy atom. The molecular formula is C25H25N3O2. The summed E-state index contributed by atoms with van der Waals surface area (Å²) in [5.41, 5.74) is 4.09. The number of nitrogens with zero attached hydrogens (tertiary/aromatic N) is 1. The minimum Gasteiger partial charge on any atom is -0.481 e. The second-order valence-electron chi connectivity index (χ2n) is 7.46. The van der Waals surface area contributed by atoms with Gasteiger partial charge in [0.1, 0.15) is 11.6 Å². The number of carbonyl (C=O) groups excluding carboxylic acids is 1. The highest BCUT2D eigenvalue weighted by atomic mass is 16.5. The van der Waals surface area contributed by atoms with E-state index in [1.54, 1.807) is 6.92 Å². The molecular weight excluding hydrogens is 374 g/mol. The lowest BCUT2D eigenvalue weighted by Crippen LogP contribution is -2.39. The van der Waals surface area contributed by atoms with Crippen LogP contribution in [-0.4, -0.2) is 22.0 Å². The van der Waals surface area contributed by atoms with Crippen molar-refractivity contribution in [3.05, 3.63) is 95.8 Å². The number of aromatic nitrogens is 2. The number of nitrogens with one attached hydrogen (secondary N) is 2. The van der Waals surface area contributed by atoms with Crippen molar-refractivity contribution >= 4 is 16.9 Å². The number of carbonyl (C=O) groups is 1. The Morgan fingerprint density at radius 1 is 1.00 bits per heavy atom. The molecule has 0 saturated heterocycles. The molecule has 1 heterocycles. The maximum Gasteiger partial charge on any atom is 0.261 e. The Morgan fingerprint density at radius 3 is 2.43 bits per heavy atom. The van der Waals surface area contributed by atoms with Crippen LogP contribution in [0.2, 0.25) is 0 Å². The first-order valence-electron chi connectivity index (χ1n) is 10.1. The summed E-state index contributed by atoms with van der Waals surface area (Å²) in [5.74, 6) is 1.22. The van der Waals surface area contributed by atoms with Crippen molar-refractivity contribution in [1.29, 1.82) is 0 Å². The minimum absolute atomic E-state index is 0.183. The molecule has 5 heteroatoms. The molecule has 5 nitrogen and oxygen atoms in total. The van der Waals surface area contributed by atoms with Crippen molar-refractivity contribution < 1.29 is 9.53 Å². The first kappa shape index (κ1) is 19.7. The second-order valence-corrected chi connectivity index (χ2v) is 7.46. The van der Waals surface area contributed by atoms with E-state index in [0.717, 1.165) is 28.0 Å². The molecule has 2 N–H and O–H groups in total. The van der Waals surface area contributed by atoms with Crippen molar-refractivity contribution in [2.45, 2.75) is 32.4 Å². The third-order valence-electron chi connectivity index (χ3n) is 5.04. The van der Waals surface area contributed by atoms with Gasteiger partial charge in [-0.3, -0.25) is 4.79 Å². The molecule has 0 aliphatic rings. The number of aromatic amines is 1. The van der Waals surface area contributed by atoms with E-state index in [0.29, 0.717) is 12.2 Å². The van der Waals surface area contributed by atoms with Crippen LogP contribution in [0.15, 0.2) is 78.9 Å². The molecule has 0 bridgehead atoms. The van der Waals surface area contributed by atoms with Crippen LogP contribution in [0.5, 0.6) is 5.75 Å². The molecule has 30 heavy (non-hydrogen) atoms. The van der Waals surface area contributed by atoms with E-state index in [2.05, 4.69) is 10.3 Å². The van der Waals surface area contributed by atoms with Crippen LogP contribution in [0.3, 0.4) is 0 Å². The van der Waals surface area contributed by atoms with Gasteiger partial charge in [0.25, 0.3) is 5.91 Å². The van der Waals surface area contributed by atoms with Gasteiger partial charge in [-0.1, -0.05) is 60.2 Å². The van der Waals surface area contributed by atoms with Crippen molar-refractivity contribution in [2.24, 2.45) is 0 Å². The van der Waals surface area contributed by atoms with Gasteiger partial charge in [0.15, 0.2) is 6.10 Å². The monoisotopic (exact) mass is 399 g/mol. The van der Waals surface area contributed by atoms with E-state index in [9.17, 15) is 4.79 Å². The quantitative estimate of drug-likeness (QED) is 0.472. The van der Waals surface area contributed by atoms with E-state index in [4.69, 9.17) is 9.72 Å². The molecule has 1 aromatic heterocycles. The molecule has 0 radical (unpaired) electrons. The van der Waals surface area contributed by atoms with Gasteiger partial charge in [0.05, 0.1) is 17.1 Å². The summed E-state index contributed by atoms with van der Waals surface area (Å²) in [5, 5.41) is 3.12. The van der Waals surface area contributed by atoms with Gasteiger partial charge in [-0.05, 0) is 50.1 Å². The van der Waals surface area contributed by atoms with E-state index >= 15 is 0 Å². The SMILES string of the molecule is Cc1ccc(OC(C)C(=O)N[C@@H](Cc2ccccc2)c2nc3ccccc3[nH]2)cc1. The van der Waals surface area contributed by atoms with E-state index in [-0.39, 0.29) is 11.9 Å². The molecule has 2 atom stereocenters. The van der Waals surface area contributed by atoms with E-state index < -0.39 is 6.10 Å². The molecule has 0 aliphatic heterocycles. The zero-order chi connectivity index (χ0) is 20.9. The summed E-state index contributed by atoms with van der Waals surface area (Å²) in [4.78, 5) is 21.0. The minimum atomic E-state index is -0.629. The lowest BCUT2D eigenvalue weighted by molar-refractivity contribution is -0.128. The van der Waals surface area contributed by atoms with Crippen LogP contribution in [0.4, 0.5) is 0 Å². The Hall–Kier alpha value is -3.60. The molecule has 4 rings (SSSR count). The fourth-order valence-electron chi connectivity index (χ4n) is 3.37. The summed E-state index contributed by atoms with van der Waals surface area (Å²) >= 11 is 0. The molecule has 1 amide bonds. The van der Waals surface area contributed by atoms with Crippen LogP contribution < -0.4 is 10.1 Å². The summed E-state index contributed by atoms with van der Waals surface area (Å²) in [7, 11) is 0. The smallest absolute Gasteiger partial charge is 0.261 e. The predicted octanol–water partition coefficient (Wildman–Crippen LogP) is 4.74. The fraction of sp³-hybridized carbons (Fsp3) is 0.200. The number of amides is 1. The lowest BCUT2D eigenvalue weighted by Gasteiger charge is -2.20. The molecule has 1 unspecified atom stereocenters. The van der Waals surface area contributed by atoms with Crippen LogP contribution in [0.1, 0.15) is 29.9 Å². The third kappa shape index (κ3) is 4.69. The van der Waals surface area contributed by atoms with E-state index in [1.165, 1.54) is 0 Å². The summed E-state index contributed by atoms with van der Waals surface area (Å²) in [6, 6.07) is 25.3. The number of ether oxygens (including phenoxy) is 1. The van der Waals surface area contributed by atoms with Gasteiger partial charge in [0.2, 0.25) is 0 Å². The molecule has 0 fully saturated rings. The second kappa shape index (κ2) is 8.82. The van der Waals surface area contributed by atoms with Crippen LogP contribution in [-0.2, 0) is 11.2 Å². The van der Waals surface area contributed by atoms with Gasteiger partial charge in [-0.15, -0.1) is 0 Å². The fourth-order valence-corrected chi connectivity index (χ4v) is 3.37. The highest BCUT2D eigenvalue weighted by Gasteiger charge is 2.23. The number of aryl methyl sites for hydroxylation is 1. The predicted molar refractivity (Wildman–Crippen MR) is 118 cm³/mol. The van der Waals surface area contributed by atoms with Crippen molar-refractivity contribution in [3.8, 4) is 5.75 Å². The summed E-state index contributed by atoms with van der Waals surface area (Å²) in [6.07, 6.45) is -0.000674. The molecule has 0 aliphatic carbocycles. The number of para-hydroxylation sites is 2. The van der Waals surface area contributed by atoms with Crippen LogP contribution in [0.25, 0.3) is 11.0 Å². The average molecular weight is 399 g/mol. The zero-order valence-electron chi connectivity index (χ0n) is 17.1. The van der Waals surface area contributed by atoms with Crippen molar-refractivity contribution in [3.63, 3.8) is 0 Å². The molecule has 4 aromatic rings. The third-order valence-corrected chi connectivity index (χ3v) is 5.04. The van der Waals surface area contributed by atoms with E-state index in [1.807, 2.05) is 85.8 Å². The van der Waals surface area contributed by atoms with Crippen LogP contribution >= 0.6 is 0 Å². The highest BCUT2D eigenvalue weighted by molar-refractivity contribution is 5.81. The molecule has 0 saturated carbocycles. The normalized spacial score (nSPS) is 13.0. The Kier molecular flexibility index (Phi) is 5.80. The Bertz CT molecular complexity index is 1090. The van der Waals surface area contributed by atoms with Gasteiger partial charge >= 0.3 is 0 Å². The number of hydrogen-bond donors (Lipinski definition) is 2. The topological polar surface area (TPSA) is 67.0 Å². The molecule has 3 aromatic carbocycles. The number of fused-ring (bicyclic) bond motifs is 1. The summed E-state index contributed by atoms with van der Waals surface area (Å²) in [6.45, 7) is 3.77. The van der Waals surface area contributed by atoms with Crippen molar-refractivity contribution in [1.82, 2.24) is 15.3 Å². The molecule has 152 valence electrons. The van der Waals surface area contributed by atoms with Crippen molar-refractivity contribution in [2.75, 3.05) is 0 Å². The maximum absolute atomic E-state index is 12.9. The Balaban J connectivity index is 1.54. The number of benzene rings is 3. The number of hydrogen-bond acceptors (Lipinski definition) is 3.